The monoisotopic (exact) mass is 215 g/mol. The summed E-state index contributed by atoms with van der Waals surface area (Å²) in [5.41, 5.74) is 2.90. The lowest BCUT2D eigenvalue weighted by atomic mass is 9.84. The van der Waals surface area contributed by atoms with Crippen LogP contribution in [0.25, 0.3) is 0 Å². The number of hydrogen-bond acceptors (Lipinski definition) is 1. The molecule has 1 N–H and O–H groups in total. The lowest BCUT2D eigenvalue weighted by Crippen LogP contribution is -2.34. The molecule has 2 unspecified atom stereocenters. The van der Waals surface area contributed by atoms with Crippen molar-refractivity contribution in [2.75, 3.05) is 6.54 Å². The van der Waals surface area contributed by atoms with Crippen LogP contribution in [0.3, 0.4) is 0 Å². The van der Waals surface area contributed by atoms with Crippen molar-refractivity contribution in [2.45, 2.75) is 52.0 Å². The SMILES string of the molecule is CCC1CCCC(NCC(C)=CCl)C1. The third-order valence-electron chi connectivity index (χ3n) is 3.22. The highest BCUT2D eigenvalue weighted by molar-refractivity contribution is 6.25. The Labute approximate surface area is 92.9 Å². The van der Waals surface area contributed by atoms with Gasteiger partial charge in [-0.15, -0.1) is 0 Å². The predicted molar refractivity (Wildman–Crippen MR) is 63.6 cm³/mol. The zero-order valence-electron chi connectivity index (χ0n) is 9.35. The highest BCUT2D eigenvalue weighted by Gasteiger charge is 2.19. The van der Waals surface area contributed by atoms with Crippen LogP contribution in [0.4, 0.5) is 0 Å². The van der Waals surface area contributed by atoms with E-state index >= 15 is 0 Å². The fourth-order valence-corrected chi connectivity index (χ4v) is 2.27. The summed E-state index contributed by atoms with van der Waals surface area (Å²) in [6, 6.07) is 0.722. The van der Waals surface area contributed by atoms with Crippen molar-refractivity contribution in [3.63, 3.8) is 0 Å². The molecule has 0 saturated heterocycles. The molecule has 0 spiro atoms. The molecular formula is C12H22ClN. The van der Waals surface area contributed by atoms with Crippen LogP contribution < -0.4 is 5.32 Å². The molecule has 1 fully saturated rings. The minimum atomic E-state index is 0.722. The molecule has 0 heterocycles. The van der Waals surface area contributed by atoms with Crippen LogP contribution in [0.15, 0.2) is 11.1 Å². The summed E-state index contributed by atoms with van der Waals surface area (Å²) in [4.78, 5) is 0. The molecule has 0 radical (unpaired) electrons. The van der Waals surface area contributed by atoms with Crippen molar-refractivity contribution >= 4 is 11.6 Å². The smallest absolute Gasteiger partial charge is 0.0176 e. The second-order valence-electron chi connectivity index (χ2n) is 4.47. The number of hydrogen-bond donors (Lipinski definition) is 1. The molecule has 2 heteroatoms. The third kappa shape index (κ3) is 4.02. The van der Waals surface area contributed by atoms with E-state index in [4.69, 9.17) is 11.6 Å². The van der Waals surface area contributed by atoms with Crippen LogP contribution in [-0.2, 0) is 0 Å². The van der Waals surface area contributed by atoms with Crippen molar-refractivity contribution < 1.29 is 0 Å². The average molecular weight is 216 g/mol. The fraction of sp³-hybridized carbons (Fsp3) is 0.833. The molecule has 0 aromatic heterocycles. The topological polar surface area (TPSA) is 12.0 Å². The highest BCUT2D eigenvalue weighted by Crippen LogP contribution is 2.26. The second-order valence-corrected chi connectivity index (χ2v) is 4.69. The Balaban J connectivity index is 2.24. The van der Waals surface area contributed by atoms with E-state index in [1.807, 2.05) is 0 Å². The largest absolute Gasteiger partial charge is 0.310 e. The van der Waals surface area contributed by atoms with Crippen molar-refractivity contribution in [2.24, 2.45) is 5.92 Å². The summed E-state index contributed by atoms with van der Waals surface area (Å²) in [7, 11) is 0. The molecular weight excluding hydrogens is 194 g/mol. The van der Waals surface area contributed by atoms with Gasteiger partial charge >= 0.3 is 0 Å². The first-order chi connectivity index (χ1) is 6.76. The standard InChI is InChI=1S/C12H22ClN/c1-3-11-5-4-6-12(7-11)14-9-10(2)8-13/h8,11-12,14H,3-7,9H2,1-2H3. The zero-order chi connectivity index (χ0) is 10.4. The van der Waals surface area contributed by atoms with Gasteiger partial charge in [0.25, 0.3) is 0 Å². The lowest BCUT2D eigenvalue weighted by Gasteiger charge is -2.29. The highest BCUT2D eigenvalue weighted by atomic mass is 35.5. The molecule has 1 aliphatic carbocycles. The maximum absolute atomic E-state index is 5.62. The number of nitrogens with one attached hydrogen (secondary N) is 1. The van der Waals surface area contributed by atoms with E-state index in [9.17, 15) is 0 Å². The van der Waals surface area contributed by atoms with Crippen LogP contribution in [-0.4, -0.2) is 12.6 Å². The quantitative estimate of drug-likeness (QED) is 0.755. The van der Waals surface area contributed by atoms with Gasteiger partial charge in [-0.1, -0.05) is 37.8 Å². The Hall–Kier alpha value is -0.0100. The van der Waals surface area contributed by atoms with Gasteiger partial charge in [-0.05, 0) is 31.3 Å². The van der Waals surface area contributed by atoms with Gasteiger partial charge in [0.15, 0.2) is 0 Å². The molecule has 0 aromatic carbocycles. The Kier molecular flexibility index (Phi) is 5.57. The van der Waals surface area contributed by atoms with E-state index < -0.39 is 0 Å². The fourth-order valence-electron chi connectivity index (χ4n) is 2.19. The van der Waals surface area contributed by atoms with Crippen molar-refractivity contribution in [3.05, 3.63) is 11.1 Å². The van der Waals surface area contributed by atoms with Gasteiger partial charge in [0.05, 0.1) is 0 Å². The minimum absolute atomic E-state index is 0.722. The van der Waals surface area contributed by atoms with Crippen LogP contribution in [0.5, 0.6) is 0 Å². The summed E-state index contributed by atoms with van der Waals surface area (Å²) in [5.74, 6) is 0.946. The summed E-state index contributed by atoms with van der Waals surface area (Å²) < 4.78 is 0. The lowest BCUT2D eigenvalue weighted by molar-refractivity contribution is 0.284. The molecule has 0 amide bonds. The average Bonchev–Trinajstić information content (AvgIpc) is 2.26. The third-order valence-corrected chi connectivity index (χ3v) is 3.59. The molecule has 1 aliphatic rings. The Morgan fingerprint density at radius 1 is 1.50 bits per heavy atom. The van der Waals surface area contributed by atoms with Crippen LogP contribution in [0.1, 0.15) is 46.0 Å². The van der Waals surface area contributed by atoms with E-state index in [0.717, 1.165) is 18.5 Å². The van der Waals surface area contributed by atoms with Crippen molar-refractivity contribution in [1.29, 1.82) is 0 Å². The van der Waals surface area contributed by atoms with E-state index in [-0.39, 0.29) is 0 Å². The Morgan fingerprint density at radius 2 is 2.29 bits per heavy atom. The summed E-state index contributed by atoms with van der Waals surface area (Å²) in [5, 5.41) is 3.58. The van der Waals surface area contributed by atoms with E-state index in [2.05, 4.69) is 19.2 Å². The van der Waals surface area contributed by atoms with Gasteiger partial charge in [-0.2, -0.15) is 0 Å². The van der Waals surface area contributed by atoms with E-state index in [1.165, 1.54) is 37.7 Å². The van der Waals surface area contributed by atoms with E-state index in [0.29, 0.717) is 0 Å². The van der Waals surface area contributed by atoms with Gasteiger partial charge in [-0.25, -0.2) is 0 Å². The maximum atomic E-state index is 5.62. The van der Waals surface area contributed by atoms with E-state index in [1.54, 1.807) is 5.54 Å². The molecule has 1 saturated carbocycles. The number of halogens is 1. The predicted octanol–water partition coefficient (Wildman–Crippen LogP) is 3.69. The van der Waals surface area contributed by atoms with Crippen LogP contribution >= 0.6 is 11.6 Å². The Morgan fingerprint density at radius 3 is 2.93 bits per heavy atom. The summed E-state index contributed by atoms with van der Waals surface area (Å²) >= 11 is 5.62. The minimum Gasteiger partial charge on any atom is -0.310 e. The Bertz CT molecular complexity index is 189. The summed E-state index contributed by atoms with van der Waals surface area (Å²) in [6.07, 6.45) is 6.85. The molecule has 0 aliphatic heterocycles. The molecule has 1 rings (SSSR count). The molecule has 1 nitrogen and oxygen atoms in total. The molecule has 82 valence electrons. The zero-order valence-corrected chi connectivity index (χ0v) is 10.1. The molecule has 2 atom stereocenters. The van der Waals surface area contributed by atoms with Crippen LogP contribution in [0.2, 0.25) is 0 Å². The maximum Gasteiger partial charge on any atom is 0.0176 e. The van der Waals surface area contributed by atoms with Gasteiger partial charge in [0, 0.05) is 18.1 Å². The molecule has 0 bridgehead atoms. The normalized spacial score (nSPS) is 29.2. The van der Waals surface area contributed by atoms with Gasteiger partial charge < -0.3 is 5.32 Å². The number of rotatable bonds is 4. The molecule has 14 heavy (non-hydrogen) atoms. The van der Waals surface area contributed by atoms with Gasteiger partial charge in [-0.3, -0.25) is 0 Å². The molecule has 0 aromatic rings. The first-order valence-corrected chi connectivity index (χ1v) is 6.19. The first-order valence-electron chi connectivity index (χ1n) is 5.75. The first kappa shape index (κ1) is 12.1. The van der Waals surface area contributed by atoms with Crippen molar-refractivity contribution in [1.82, 2.24) is 5.32 Å². The van der Waals surface area contributed by atoms with Gasteiger partial charge in [0.1, 0.15) is 0 Å². The van der Waals surface area contributed by atoms with Crippen molar-refractivity contribution in [3.8, 4) is 0 Å². The van der Waals surface area contributed by atoms with Crippen LogP contribution in [0, 0.1) is 5.92 Å². The second kappa shape index (κ2) is 6.47. The van der Waals surface area contributed by atoms with Gasteiger partial charge in [0.2, 0.25) is 0 Å². The summed E-state index contributed by atoms with van der Waals surface area (Å²) in [6.45, 7) is 5.32.